The van der Waals surface area contributed by atoms with Gasteiger partial charge in [-0.1, -0.05) is 18.2 Å². The number of aromatic nitrogens is 2. The lowest BCUT2D eigenvalue weighted by Gasteiger charge is -2.26. The van der Waals surface area contributed by atoms with Crippen LogP contribution >= 0.6 is 0 Å². The lowest BCUT2D eigenvalue weighted by Crippen LogP contribution is -2.43. The summed E-state index contributed by atoms with van der Waals surface area (Å²) in [4.78, 5) is 33.0. The van der Waals surface area contributed by atoms with E-state index in [0.29, 0.717) is 11.6 Å². The van der Waals surface area contributed by atoms with Gasteiger partial charge in [0.2, 0.25) is 17.8 Å². The summed E-state index contributed by atoms with van der Waals surface area (Å²) >= 11 is 0. The fraction of sp³-hybridized carbons (Fsp3) is 0.250. The Morgan fingerprint density at radius 2 is 1.83 bits per heavy atom. The number of likely N-dealkylation sites (tertiary alicyclic amines) is 1. The van der Waals surface area contributed by atoms with Gasteiger partial charge >= 0.3 is 0 Å². The monoisotopic (exact) mass is 314 g/mol. The average molecular weight is 314 g/mol. The minimum atomic E-state index is -1.38. The van der Waals surface area contributed by atoms with Crippen LogP contribution in [0.5, 0.6) is 0 Å². The second-order valence-corrected chi connectivity index (χ2v) is 5.24. The molecule has 0 radical (unpaired) electrons. The fourth-order valence-electron chi connectivity index (χ4n) is 2.34. The molecule has 6 nitrogen and oxygen atoms in total. The number of anilines is 2. The SMILES string of the molecule is O=C1CC(F)CC(=O)N1Cc1ccnc(Nc2ccccc2)n1. The summed E-state index contributed by atoms with van der Waals surface area (Å²) in [5.74, 6) is -0.649. The summed E-state index contributed by atoms with van der Waals surface area (Å²) in [6.45, 7) is 0.0242. The fourth-order valence-corrected chi connectivity index (χ4v) is 2.34. The van der Waals surface area contributed by atoms with E-state index in [-0.39, 0.29) is 19.4 Å². The van der Waals surface area contributed by atoms with Gasteiger partial charge in [0, 0.05) is 11.9 Å². The van der Waals surface area contributed by atoms with Crippen LogP contribution in [0.1, 0.15) is 18.5 Å². The number of rotatable bonds is 4. The molecule has 0 bridgehead atoms. The van der Waals surface area contributed by atoms with Gasteiger partial charge in [0.15, 0.2) is 0 Å². The highest BCUT2D eigenvalue weighted by Gasteiger charge is 2.32. The molecule has 23 heavy (non-hydrogen) atoms. The number of imide groups is 1. The van der Waals surface area contributed by atoms with Crippen LogP contribution in [0.2, 0.25) is 0 Å². The summed E-state index contributed by atoms with van der Waals surface area (Å²) in [6, 6.07) is 11.0. The number of alkyl halides is 1. The highest BCUT2D eigenvalue weighted by molar-refractivity contribution is 5.98. The van der Waals surface area contributed by atoms with Gasteiger partial charge in [-0.25, -0.2) is 14.4 Å². The van der Waals surface area contributed by atoms with Gasteiger partial charge in [-0.2, -0.15) is 0 Å². The van der Waals surface area contributed by atoms with E-state index < -0.39 is 18.0 Å². The van der Waals surface area contributed by atoms with Crippen molar-refractivity contribution >= 4 is 23.5 Å². The largest absolute Gasteiger partial charge is 0.324 e. The van der Waals surface area contributed by atoms with Crippen molar-refractivity contribution in [2.45, 2.75) is 25.6 Å². The molecule has 1 aromatic carbocycles. The maximum Gasteiger partial charge on any atom is 0.232 e. The predicted octanol–water partition coefficient (Wildman–Crippen LogP) is 2.21. The summed E-state index contributed by atoms with van der Waals surface area (Å²) < 4.78 is 13.2. The zero-order valence-corrected chi connectivity index (χ0v) is 12.3. The van der Waals surface area contributed by atoms with Crippen LogP contribution in [0.15, 0.2) is 42.6 Å². The summed E-state index contributed by atoms with van der Waals surface area (Å²) in [5.41, 5.74) is 1.34. The average Bonchev–Trinajstić information content (AvgIpc) is 2.52. The molecule has 1 saturated heterocycles. The predicted molar refractivity (Wildman–Crippen MR) is 81.4 cm³/mol. The molecule has 118 valence electrons. The maximum absolute atomic E-state index is 13.2. The van der Waals surface area contributed by atoms with E-state index in [1.807, 2.05) is 30.3 Å². The number of piperidine rings is 1. The van der Waals surface area contributed by atoms with Crippen molar-refractivity contribution in [2.75, 3.05) is 5.32 Å². The minimum absolute atomic E-state index is 0.0242. The number of carbonyl (C=O) groups excluding carboxylic acids is 2. The van der Waals surface area contributed by atoms with Crippen LogP contribution in [0.25, 0.3) is 0 Å². The molecule has 0 spiro atoms. The number of hydrogen-bond donors (Lipinski definition) is 1. The van der Waals surface area contributed by atoms with Crippen LogP contribution in [0.3, 0.4) is 0 Å². The zero-order valence-electron chi connectivity index (χ0n) is 12.3. The van der Waals surface area contributed by atoms with Crippen molar-refractivity contribution in [2.24, 2.45) is 0 Å². The molecule has 0 unspecified atom stereocenters. The van der Waals surface area contributed by atoms with E-state index in [9.17, 15) is 14.0 Å². The second kappa shape index (κ2) is 6.51. The molecule has 1 aromatic heterocycles. The van der Waals surface area contributed by atoms with Gasteiger partial charge in [0.25, 0.3) is 0 Å². The number of nitrogens with one attached hydrogen (secondary N) is 1. The van der Waals surface area contributed by atoms with Crippen LogP contribution in [-0.2, 0) is 16.1 Å². The van der Waals surface area contributed by atoms with Crippen LogP contribution < -0.4 is 5.32 Å². The molecule has 7 heteroatoms. The molecule has 3 rings (SSSR count). The summed E-state index contributed by atoms with van der Waals surface area (Å²) in [6.07, 6.45) is -0.352. The Morgan fingerprint density at radius 1 is 1.13 bits per heavy atom. The third-order valence-corrected chi connectivity index (χ3v) is 3.46. The lowest BCUT2D eigenvalue weighted by molar-refractivity contribution is -0.151. The summed E-state index contributed by atoms with van der Waals surface area (Å²) in [7, 11) is 0. The van der Waals surface area contributed by atoms with Crippen molar-refractivity contribution in [3.8, 4) is 0 Å². The molecule has 0 atom stereocenters. The molecular weight excluding hydrogens is 299 g/mol. The molecule has 0 aliphatic carbocycles. The van der Waals surface area contributed by atoms with Crippen molar-refractivity contribution in [1.82, 2.24) is 14.9 Å². The highest BCUT2D eigenvalue weighted by atomic mass is 19.1. The van der Waals surface area contributed by atoms with Gasteiger partial charge in [-0.15, -0.1) is 0 Å². The number of amides is 2. The minimum Gasteiger partial charge on any atom is -0.324 e. The number of nitrogens with zero attached hydrogens (tertiary/aromatic N) is 3. The number of halogens is 1. The molecule has 1 aliphatic heterocycles. The van der Waals surface area contributed by atoms with E-state index >= 15 is 0 Å². The first-order valence-electron chi connectivity index (χ1n) is 7.23. The van der Waals surface area contributed by atoms with Gasteiger partial charge < -0.3 is 5.32 Å². The smallest absolute Gasteiger partial charge is 0.232 e. The van der Waals surface area contributed by atoms with E-state index in [1.165, 1.54) is 0 Å². The number of hydrogen-bond acceptors (Lipinski definition) is 5. The Hall–Kier alpha value is -2.83. The molecule has 0 saturated carbocycles. The first kappa shape index (κ1) is 15.1. The Labute approximate surface area is 132 Å². The number of para-hydroxylation sites is 1. The van der Waals surface area contributed by atoms with Crippen LogP contribution in [0, 0.1) is 0 Å². The maximum atomic E-state index is 13.2. The zero-order chi connectivity index (χ0) is 16.2. The number of carbonyl (C=O) groups is 2. The summed E-state index contributed by atoms with van der Waals surface area (Å²) in [5, 5.41) is 3.04. The Bertz CT molecular complexity index is 705. The standard InChI is InChI=1S/C16H15FN4O2/c17-11-8-14(22)21(15(23)9-11)10-13-6-7-18-16(20-13)19-12-4-2-1-3-5-12/h1-7,11H,8-10H2,(H,18,19,20). The molecule has 1 N–H and O–H groups in total. The second-order valence-electron chi connectivity index (χ2n) is 5.24. The van der Waals surface area contributed by atoms with Gasteiger partial charge in [0.05, 0.1) is 25.1 Å². The van der Waals surface area contributed by atoms with E-state index in [1.54, 1.807) is 12.3 Å². The van der Waals surface area contributed by atoms with Crippen molar-refractivity contribution < 1.29 is 14.0 Å². The Kier molecular flexibility index (Phi) is 4.27. The van der Waals surface area contributed by atoms with Crippen LogP contribution in [0.4, 0.5) is 16.0 Å². The molecule has 1 fully saturated rings. The van der Waals surface area contributed by atoms with Gasteiger partial charge in [-0.3, -0.25) is 14.5 Å². The van der Waals surface area contributed by atoms with E-state index in [0.717, 1.165) is 10.6 Å². The van der Waals surface area contributed by atoms with Crippen molar-refractivity contribution in [1.29, 1.82) is 0 Å². The number of benzene rings is 1. The first-order valence-corrected chi connectivity index (χ1v) is 7.23. The topological polar surface area (TPSA) is 75.2 Å². The molecule has 2 amide bonds. The van der Waals surface area contributed by atoms with E-state index in [2.05, 4.69) is 15.3 Å². The van der Waals surface area contributed by atoms with Gasteiger partial charge in [0.1, 0.15) is 6.17 Å². The quantitative estimate of drug-likeness (QED) is 0.876. The van der Waals surface area contributed by atoms with Gasteiger partial charge in [-0.05, 0) is 18.2 Å². The highest BCUT2D eigenvalue weighted by Crippen LogP contribution is 2.19. The molecule has 2 heterocycles. The Balaban J connectivity index is 1.73. The third-order valence-electron chi connectivity index (χ3n) is 3.46. The van der Waals surface area contributed by atoms with E-state index in [4.69, 9.17) is 0 Å². The molecule has 1 aliphatic rings. The normalized spacial score (nSPS) is 15.8. The van der Waals surface area contributed by atoms with Crippen LogP contribution in [-0.4, -0.2) is 32.9 Å². The van der Waals surface area contributed by atoms with Crippen molar-refractivity contribution in [3.05, 3.63) is 48.3 Å². The Morgan fingerprint density at radius 3 is 2.52 bits per heavy atom. The molecule has 2 aromatic rings. The lowest BCUT2D eigenvalue weighted by atomic mass is 10.1. The third kappa shape index (κ3) is 3.68. The van der Waals surface area contributed by atoms with Crippen molar-refractivity contribution in [3.63, 3.8) is 0 Å². The molecular formula is C16H15FN4O2. The first-order chi connectivity index (χ1) is 11.1.